The van der Waals surface area contributed by atoms with Crippen molar-refractivity contribution in [3.63, 3.8) is 0 Å². The Labute approximate surface area is 90.2 Å². The second-order valence-corrected chi connectivity index (χ2v) is 5.44. The van der Waals surface area contributed by atoms with Gasteiger partial charge in [-0.15, -0.1) is 11.3 Å². The van der Waals surface area contributed by atoms with Gasteiger partial charge in [0.25, 0.3) is 0 Å². The van der Waals surface area contributed by atoms with E-state index in [9.17, 15) is 5.11 Å². The molecule has 0 bridgehead atoms. The molecule has 1 atom stereocenters. The number of aryl methyl sites for hydroxylation is 2. The second kappa shape index (κ2) is 4.91. The van der Waals surface area contributed by atoms with Crippen molar-refractivity contribution >= 4 is 11.3 Å². The quantitative estimate of drug-likeness (QED) is 0.830. The molecule has 2 nitrogen and oxygen atoms in total. The van der Waals surface area contributed by atoms with Crippen LogP contribution in [0.3, 0.4) is 0 Å². The molecule has 0 aliphatic carbocycles. The zero-order chi connectivity index (χ0) is 10.7. The van der Waals surface area contributed by atoms with Crippen LogP contribution in [0.5, 0.6) is 0 Å². The Morgan fingerprint density at radius 3 is 2.50 bits per heavy atom. The third-order valence-electron chi connectivity index (χ3n) is 2.29. The van der Waals surface area contributed by atoms with Crippen molar-refractivity contribution in [1.29, 1.82) is 0 Å². The Balaban J connectivity index is 2.60. The summed E-state index contributed by atoms with van der Waals surface area (Å²) in [7, 11) is 4.05. The summed E-state index contributed by atoms with van der Waals surface area (Å²) in [5, 5.41) is 9.94. The van der Waals surface area contributed by atoms with Gasteiger partial charge in [0, 0.05) is 16.3 Å². The Morgan fingerprint density at radius 2 is 2.07 bits per heavy atom. The van der Waals surface area contributed by atoms with Crippen LogP contribution in [-0.4, -0.2) is 30.6 Å². The largest absolute Gasteiger partial charge is 0.388 e. The highest BCUT2D eigenvalue weighted by atomic mass is 32.1. The number of nitrogens with zero attached hydrogens (tertiary/aromatic N) is 1. The van der Waals surface area contributed by atoms with E-state index in [0.29, 0.717) is 0 Å². The zero-order valence-corrected chi connectivity index (χ0v) is 10.2. The summed E-state index contributed by atoms with van der Waals surface area (Å²) >= 11 is 1.76. The van der Waals surface area contributed by atoms with Gasteiger partial charge in [0.15, 0.2) is 0 Å². The fourth-order valence-corrected chi connectivity index (χ4v) is 2.50. The van der Waals surface area contributed by atoms with E-state index in [2.05, 4.69) is 24.8 Å². The molecule has 0 saturated heterocycles. The van der Waals surface area contributed by atoms with Gasteiger partial charge >= 0.3 is 0 Å². The number of aliphatic hydroxyl groups excluding tert-OH is 1. The first kappa shape index (κ1) is 11.7. The fourth-order valence-electron chi connectivity index (χ4n) is 1.52. The summed E-state index contributed by atoms with van der Waals surface area (Å²) in [5.41, 5.74) is 1.11. The molecule has 1 rings (SSSR count). The Bertz CT molecular complexity index is 293. The van der Waals surface area contributed by atoms with Crippen molar-refractivity contribution in [3.05, 3.63) is 21.4 Å². The minimum atomic E-state index is -0.303. The van der Waals surface area contributed by atoms with Gasteiger partial charge in [-0.3, -0.25) is 0 Å². The molecule has 0 aliphatic rings. The second-order valence-electron chi connectivity index (χ2n) is 3.98. The van der Waals surface area contributed by atoms with Crippen molar-refractivity contribution in [2.75, 3.05) is 20.6 Å². The molecule has 0 amide bonds. The van der Waals surface area contributed by atoms with E-state index in [1.165, 1.54) is 9.75 Å². The topological polar surface area (TPSA) is 23.5 Å². The summed E-state index contributed by atoms with van der Waals surface area (Å²) in [6.45, 7) is 5.08. The van der Waals surface area contributed by atoms with E-state index in [-0.39, 0.29) is 6.10 Å². The molecule has 0 aliphatic heterocycles. The van der Waals surface area contributed by atoms with Crippen LogP contribution < -0.4 is 0 Å². The van der Waals surface area contributed by atoms with Crippen molar-refractivity contribution in [2.45, 2.75) is 26.4 Å². The van der Waals surface area contributed by atoms with Gasteiger partial charge in [0.05, 0.1) is 6.10 Å². The predicted molar refractivity (Wildman–Crippen MR) is 61.9 cm³/mol. The first-order chi connectivity index (χ1) is 6.50. The van der Waals surface area contributed by atoms with Crippen molar-refractivity contribution < 1.29 is 5.11 Å². The number of rotatable bonds is 4. The highest BCUT2D eigenvalue weighted by Crippen LogP contribution is 2.27. The number of hydrogen-bond acceptors (Lipinski definition) is 3. The molecule has 0 saturated carbocycles. The summed E-state index contributed by atoms with van der Waals surface area (Å²) in [6, 6.07) is 2.10. The average Bonchev–Trinajstić information content (AvgIpc) is 2.41. The van der Waals surface area contributed by atoms with Crippen LogP contribution in [-0.2, 0) is 0 Å². The number of hydrogen-bond donors (Lipinski definition) is 1. The van der Waals surface area contributed by atoms with E-state index < -0.39 is 0 Å². The van der Waals surface area contributed by atoms with E-state index in [4.69, 9.17) is 0 Å². The summed E-state index contributed by atoms with van der Waals surface area (Å²) in [6.07, 6.45) is 0.506. The predicted octanol–water partition coefficient (Wildman–Crippen LogP) is 2.35. The normalized spacial score (nSPS) is 13.6. The number of aliphatic hydroxyl groups is 1. The zero-order valence-electron chi connectivity index (χ0n) is 9.37. The van der Waals surface area contributed by atoms with Gasteiger partial charge in [-0.05, 0) is 46.0 Å². The van der Waals surface area contributed by atoms with E-state index in [1.54, 1.807) is 11.3 Å². The Hall–Kier alpha value is -0.380. The first-order valence-electron chi connectivity index (χ1n) is 4.90. The monoisotopic (exact) mass is 213 g/mol. The van der Waals surface area contributed by atoms with Crippen LogP contribution in [0.1, 0.15) is 27.8 Å². The minimum Gasteiger partial charge on any atom is -0.388 e. The van der Waals surface area contributed by atoms with E-state index >= 15 is 0 Å². The first-order valence-corrected chi connectivity index (χ1v) is 5.72. The highest BCUT2D eigenvalue weighted by Gasteiger charge is 2.12. The van der Waals surface area contributed by atoms with Gasteiger partial charge in [-0.1, -0.05) is 0 Å². The van der Waals surface area contributed by atoms with Crippen molar-refractivity contribution in [3.8, 4) is 0 Å². The molecule has 0 fully saturated rings. The lowest BCUT2D eigenvalue weighted by Gasteiger charge is -2.14. The molecular formula is C11H19NOS. The molecule has 0 aromatic carbocycles. The third kappa shape index (κ3) is 3.08. The molecule has 80 valence electrons. The van der Waals surface area contributed by atoms with Crippen LogP contribution in [0, 0.1) is 13.8 Å². The minimum absolute atomic E-state index is 0.303. The summed E-state index contributed by atoms with van der Waals surface area (Å²) in [4.78, 5) is 4.62. The van der Waals surface area contributed by atoms with Gasteiger partial charge in [-0.2, -0.15) is 0 Å². The van der Waals surface area contributed by atoms with Gasteiger partial charge in [-0.25, -0.2) is 0 Å². The van der Waals surface area contributed by atoms with E-state index in [1.807, 2.05) is 14.1 Å². The van der Waals surface area contributed by atoms with Gasteiger partial charge in [0.2, 0.25) is 0 Å². The molecule has 1 aromatic heterocycles. The lowest BCUT2D eigenvalue weighted by Crippen LogP contribution is -2.15. The Kier molecular flexibility index (Phi) is 4.11. The summed E-state index contributed by atoms with van der Waals surface area (Å²) in [5.74, 6) is 0. The molecular weight excluding hydrogens is 194 g/mol. The van der Waals surface area contributed by atoms with Crippen molar-refractivity contribution in [1.82, 2.24) is 4.90 Å². The molecule has 0 spiro atoms. The highest BCUT2D eigenvalue weighted by molar-refractivity contribution is 7.12. The maximum Gasteiger partial charge on any atom is 0.0813 e. The molecule has 14 heavy (non-hydrogen) atoms. The standard InChI is InChI=1S/C11H19NOS/c1-8-7-10(9(2)14-8)11(13)5-6-12(3)4/h7,11,13H,5-6H2,1-4H3. The fraction of sp³-hybridized carbons (Fsp3) is 0.636. The SMILES string of the molecule is Cc1cc(C(O)CCN(C)C)c(C)s1. The molecule has 1 unspecified atom stereocenters. The van der Waals surface area contributed by atoms with Crippen LogP contribution in [0.15, 0.2) is 6.07 Å². The van der Waals surface area contributed by atoms with Gasteiger partial charge < -0.3 is 10.0 Å². The van der Waals surface area contributed by atoms with Crippen LogP contribution >= 0.6 is 11.3 Å². The lowest BCUT2D eigenvalue weighted by molar-refractivity contribution is 0.154. The molecule has 3 heteroatoms. The third-order valence-corrected chi connectivity index (χ3v) is 3.27. The van der Waals surface area contributed by atoms with E-state index in [0.717, 1.165) is 18.5 Å². The smallest absolute Gasteiger partial charge is 0.0813 e. The maximum atomic E-state index is 9.94. The Morgan fingerprint density at radius 1 is 1.43 bits per heavy atom. The van der Waals surface area contributed by atoms with Crippen LogP contribution in [0.4, 0.5) is 0 Å². The lowest BCUT2D eigenvalue weighted by atomic mass is 10.1. The summed E-state index contributed by atoms with van der Waals surface area (Å²) < 4.78 is 0. The molecule has 1 heterocycles. The maximum absolute atomic E-state index is 9.94. The van der Waals surface area contributed by atoms with Crippen LogP contribution in [0.25, 0.3) is 0 Å². The van der Waals surface area contributed by atoms with Crippen molar-refractivity contribution in [2.24, 2.45) is 0 Å². The number of thiophene rings is 1. The molecule has 0 radical (unpaired) electrons. The van der Waals surface area contributed by atoms with Gasteiger partial charge in [0.1, 0.15) is 0 Å². The van der Waals surface area contributed by atoms with Crippen LogP contribution in [0.2, 0.25) is 0 Å². The average molecular weight is 213 g/mol. The molecule has 1 aromatic rings. The molecule has 1 N–H and O–H groups in total.